The highest BCUT2D eigenvalue weighted by molar-refractivity contribution is 5.09. The number of ether oxygens (including phenoxy) is 1. The molecule has 2 aromatic rings. The van der Waals surface area contributed by atoms with Crippen molar-refractivity contribution < 1.29 is 4.74 Å². The van der Waals surface area contributed by atoms with Crippen LogP contribution in [0.3, 0.4) is 0 Å². The molecule has 0 amide bonds. The summed E-state index contributed by atoms with van der Waals surface area (Å²) in [4.78, 5) is 9.16. The lowest BCUT2D eigenvalue weighted by atomic mass is 9.93. The van der Waals surface area contributed by atoms with E-state index >= 15 is 0 Å². The van der Waals surface area contributed by atoms with E-state index in [1.165, 1.54) is 17.5 Å². The Bertz CT molecular complexity index is 673. The first-order chi connectivity index (χ1) is 12.3. The molecule has 2 fully saturated rings. The van der Waals surface area contributed by atoms with Gasteiger partial charge in [0.05, 0.1) is 18.9 Å². The third kappa shape index (κ3) is 4.26. The molecule has 6 heteroatoms. The minimum atomic E-state index is 0.355. The highest BCUT2D eigenvalue weighted by Crippen LogP contribution is 2.25. The summed E-state index contributed by atoms with van der Waals surface area (Å²) in [6.45, 7) is 7.11. The maximum atomic E-state index is 6.23. The van der Waals surface area contributed by atoms with Crippen LogP contribution in [-0.2, 0) is 24.9 Å². The van der Waals surface area contributed by atoms with Gasteiger partial charge in [-0.05, 0) is 30.7 Å². The van der Waals surface area contributed by atoms with Crippen LogP contribution in [0.1, 0.15) is 17.5 Å². The molecule has 2 aliphatic rings. The lowest BCUT2D eigenvalue weighted by Crippen LogP contribution is -2.46. The number of pyridine rings is 1. The van der Waals surface area contributed by atoms with Crippen LogP contribution in [0.4, 0.5) is 0 Å². The van der Waals surface area contributed by atoms with E-state index in [1.54, 1.807) is 0 Å². The Morgan fingerprint density at radius 3 is 2.68 bits per heavy atom. The summed E-state index contributed by atoms with van der Waals surface area (Å²) < 4.78 is 8.11. The molecule has 0 unspecified atom stereocenters. The van der Waals surface area contributed by atoms with Crippen LogP contribution in [0.2, 0.25) is 0 Å². The summed E-state index contributed by atoms with van der Waals surface area (Å²) in [6, 6.07) is 4.22. The number of hydrogen-bond donors (Lipinski definition) is 0. The number of fused-ring (bicyclic) bond motifs is 1. The average Bonchev–Trinajstić information content (AvgIpc) is 2.91. The predicted octanol–water partition coefficient (Wildman–Crippen LogP) is 1.54. The Balaban J connectivity index is 1.34. The van der Waals surface area contributed by atoms with Gasteiger partial charge in [0.25, 0.3) is 0 Å². The maximum Gasteiger partial charge on any atom is 0.0743 e. The van der Waals surface area contributed by atoms with Gasteiger partial charge in [-0.2, -0.15) is 5.10 Å². The summed E-state index contributed by atoms with van der Waals surface area (Å²) in [7, 11) is 1.97. The van der Waals surface area contributed by atoms with E-state index in [4.69, 9.17) is 4.74 Å². The van der Waals surface area contributed by atoms with Crippen molar-refractivity contribution >= 4 is 0 Å². The molecule has 2 aliphatic heterocycles. The molecule has 0 N–H and O–H groups in total. The number of nitrogens with zero attached hydrogens (tertiary/aromatic N) is 5. The second kappa shape index (κ2) is 7.64. The predicted molar refractivity (Wildman–Crippen MR) is 95.8 cm³/mol. The van der Waals surface area contributed by atoms with E-state index < -0.39 is 0 Å². The molecule has 4 heterocycles. The van der Waals surface area contributed by atoms with E-state index in [0.717, 1.165) is 45.9 Å². The summed E-state index contributed by atoms with van der Waals surface area (Å²) in [5.41, 5.74) is 2.62. The molecule has 134 valence electrons. The van der Waals surface area contributed by atoms with Gasteiger partial charge in [0.15, 0.2) is 0 Å². The molecule has 2 saturated heterocycles. The maximum absolute atomic E-state index is 6.23. The number of aryl methyl sites for hydroxylation is 1. The number of likely N-dealkylation sites (tertiary alicyclic amines) is 1. The van der Waals surface area contributed by atoms with E-state index in [2.05, 4.69) is 38.2 Å². The molecular formula is C19H27N5O. The molecule has 0 aromatic carbocycles. The lowest BCUT2D eigenvalue weighted by molar-refractivity contribution is -0.0242. The summed E-state index contributed by atoms with van der Waals surface area (Å²) in [5.74, 6) is 0.634. The van der Waals surface area contributed by atoms with Crippen LogP contribution < -0.4 is 0 Å². The van der Waals surface area contributed by atoms with Gasteiger partial charge < -0.3 is 4.74 Å². The molecule has 0 aliphatic carbocycles. The van der Waals surface area contributed by atoms with Crippen LogP contribution >= 0.6 is 0 Å². The molecule has 2 aromatic heterocycles. The standard InChI is InChI=1S/C19H27N5O/c1-22-11-17(10-21-22)13-23-7-4-18-14-24(8-9-25-19(18)15-23)12-16-2-5-20-6-3-16/h2-3,5-6,10-11,18-19H,4,7-9,12-15H2,1H3/t18-,19-/m0/s1. The Morgan fingerprint density at radius 1 is 1.08 bits per heavy atom. The Kier molecular flexibility index (Phi) is 5.10. The minimum absolute atomic E-state index is 0.355. The van der Waals surface area contributed by atoms with Gasteiger partial charge in [-0.1, -0.05) is 0 Å². The SMILES string of the molecule is Cn1cc(CN2CC[C@H]3CN(Cc4ccncc4)CCO[C@H]3C2)cn1. The molecule has 25 heavy (non-hydrogen) atoms. The van der Waals surface area contributed by atoms with Crippen LogP contribution in [0.5, 0.6) is 0 Å². The monoisotopic (exact) mass is 341 g/mol. The molecule has 0 radical (unpaired) electrons. The number of aromatic nitrogens is 3. The third-order valence-electron chi connectivity index (χ3n) is 5.33. The first-order valence-corrected chi connectivity index (χ1v) is 9.19. The quantitative estimate of drug-likeness (QED) is 0.844. The molecule has 6 nitrogen and oxygen atoms in total. The van der Waals surface area contributed by atoms with E-state index in [0.29, 0.717) is 12.0 Å². The average molecular weight is 341 g/mol. The normalized spacial score (nSPS) is 25.5. The van der Waals surface area contributed by atoms with Gasteiger partial charge >= 0.3 is 0 Å². The topological polar surface area (TPSA) is 46.4 Å². The zero-order valence-electron chi connectivity index (χ0n) is 14.9. The minimum Gasteiger partial charge on any atom is -0.375 e. The van der Waals surface area contributed by atoms with E-state index in [1.807, 2.05) is 30.3 Å². The van der Waals surface area contributed by atoms with Crippen LogP contribution in [0.25, 0.3) is 0 Å². The van der Waals surface area contributed by atoms with Crippen molar-refractivity contribution in [3.63, 3.8) is 0 Å². The fraction of sp³-hybridized carbons (Fsp3) is 0.579. The van der Waals surface area contributed by atoms with Gasteiger partial charge in [-0.15, -0.1) is 0 Å². The summed E-state index contributed by atoms with van der Waals surface area (Å²) in [6.07, 6.45) is 9.39. The lowest BCUT2D eigenvalue weighted by Gasteiger charge is -2.38. The highest BCUT2D eigenvalue weighted by Gasteiger charge is 2.33. The van der Waals surface area contributed by atoms with Crippen molar-refractivity contribution in [1.82, 2.24) is 24.6 Å². The fourth-order valence-electron chi connectivity index (χ4n) is 4.03. The van der Waals surface area contributed by atoms with Gasteiger partial charge in [-0.25, -0.2) is 0 Å². The number of hydrogen-bond acceptors (Lipinski definition) is 5. The largest absolute Gasteiger partial charge is 0.375 e. The van der Waals surface area contributed by atoms with Crippen LogP contribution in [-0.4, -0.2) is 63.5 Å². The van der Waals surface area contributed by atoms with Gasteiger partial charge in [0, 0.05) is 69.8 Å². The van der Waals surface area contributed by atoms with Crippen molar-refractivity contribution in [2.45, 2.75) is 25.6 Å². The first-order valence-electron chi connectivity index (χ1n) is 9.19. The molecule has 2 atom stereocenters. The second-order valence-electron chi connectivity index (χ2n) is 7.31. The van der Waals surface area contributed by atoms with Crippen molar-refractivity contribution in [2.24, 2.45) is 13.0 Å². The van der Waals surface area contributed by atoms with Crippen molar-refractivity contribution in [1.29, 1.82) is 0 Å². The van der Waals surface area contributed by atoms with Gasteiger partial charge in [0.1, 0.15) is 0 Å². The zero-order valence-corrected chi connectivity index (χ0v) is 14.9. The Labute approximate surface area is 149 Å². The van der Waals surface area contributed by atoms with E-state index in [9.17, 15) is 0 Å². The van der Waals surface area contributed by atoms with Crippen molar-refractivity contribution in [2.75, 3.05) is 32.8 Å². The summed E-state index contributed by atoms with van der Waals surface area (Å²) in [5, 5.41) is 4.28. The van der Waals surface area contributed by atoms with Crippen molar-refractivity contribution in [3.05, 3.63) is 48.0 Å². The van der Waals surface area contributed by atoms with Crippen LogP contribution in [0, 0.1) is 5.92 Å². The van der Waals surface area contributed by atoms with Crippen molar-refractivity contribution in [3.8, 4) is 0 Å². The fourth-order valence-corrected chi connectivity index (χ4v) is 4.03. The summed E-state index contributed by atoms with van der Waals surface area (Å²) >= 11 is 0. The highest BCUT2D eigenvalue weighted by atomic mass is 16.5. The third-order valence-corrected chi connectivity index (χ3v) is 5.33. The Hall–Kier alpha value is -1.76. The molecule has 4 rings (SSSR count). The zero-order chi connectivity index (χ0) is 17.1. The number of piperidine rings is 1. The number of rotatable bonds is 4. The second-order valence-corrected chi connectivity index (χ2v) is 7.31. The smallest absolute Gasteiger partial charge is 0.0743 e. The first kappa shape index (κ1) is 16.7. The molecule has 0 spiro atoms. The van der Waals surface area contributed by atoms with Gasteiger partial charge in [0.2, 0.25) is 0 Å². The van der Waals surface area contributed by atoms with Gasteiger partial charge in [-0.3, -0.25) is 19.5 Å². The molecule has 0 bridgehead atoms. The molecule has 0 saturated carbocycles. The van der Waals surface area contributed by atoms with Crippen LogP contribution in [0.15, 0.2) is 36.9 Å². The Morgan fingerprint density at radius 2 is 1.88 bits per heavy atom. The van der Waals surface area contributed by atoms with E-state index in [-0.39, 0.29) is 0 Å². The molecular weight excluding hydrogens is 314 g/mol.